The molecule has 3 atom stereocenters. The first kappa shape index (κ1) is 11.6. The second-order valence-electron chi connectivity index (χ2n) is 5.17. The van der Waals surface area contributed by atoms with Gasteiger partial charge < -0.3 is 9.84 Å². The van der Waals surface area contributed by atoms with Crippen molar-refractivity contribution in [3.63, 3.8) is 0 Å². The molecule has 0 aromatic rings. The van der Waals surface area contributed by atoms with E-state index in [-0.39, 0.29) is 18.1 Å². The molecule has 2 aliphatic carbocycles. The molecule has 4 nitrogen and oxygen atoms in total. The van der Waals surface area contributed by atoms with Gasteiger partial charge in [-0.2, -0.15) is 0 Å². The summed E-state index contributed by atoms with van der Waals surface area (Å²) in [5.74, 6) is -0.854. The number of esters is 1. The fourth-order valence-electron chi connectivity index (χ4n) is 3.43. The second kappa shape index (κ2) is 3.55. The van der Waals surface area contributed by atoms with Crippen LogP contribution in [0.2, 0.25) is 0 Å². The fourth-order valence-corrected chi connectivity index (χ4v) is 3.43. The van der Waals surface area contributed by atoms with E-state index in [4.69, 9.17) is 4.74 Å². The van der Waals surface area contributed by atoms with Gasteiger partial charge in [-0.05, 0) is 26.2 Å². The monoisotopic (exact) mass is 226 g/mol. The lowest BCUT2D eigenvalue weighted by Gasteiger charge is -2.44. The summed E-state index contributed by atoms with van der Waals surface area (Å²) in [4.78, 5) is 23.8. The summed E-state index contributed by atoms with van der Waals surface area (Å²) in [5, 5.41) is 10.4. The molecule has 90 valence electrons. The summed E-state index contributed by atoms with van der Waals surface area (Å²) < 4.78 is 4.75. The van der Waals surface area contributed by atoms with Crippen LogP contribution in [0.1, 0.15) is 39.0 Å². The van der Waals surface area contributed by atoms with Gasteiger partial charge in [0.15, 0.2) is 0 Å². The highest BCUT2D eigenvalue weighted by Gasteiger charge is 2.61. The molecule has 2 saturated carbocycles. The second-order valence-corrected chi connectivity index (χ2v) is 5.17. The normalized spacial score (nSPS) is 42.9. The first-order chi connectivity index (χ1) is 7.45. The van der Waals surface area contributed by atoms with Crippen molar-refractivity contribution in [2.45, 2.75) is 44.6 Å². The maximum Gasteiger partial charge on any atom is 0.319 e. The van der Waals surface area contributed by atoms with E-state index < -0.39 is 17.0 Å². The van der Waals surface area contributed by atoms with Crippen molar-refractivity contribution in [2.24, 2.45) is 11.3 Å². The standard InChI is InChI=1S/C12H18O4/c1-11(10(14)16-2)8-4-3-6-12(8,15)7-5-9(11)13/h8,15H,3-7H2,1-2H3/t8-,11-,12-/m0/s1. The Bertz CT molecular complexity index is 328. The number of hydrogen-bond donors (Lipinski definition) is 1. The highest BCUT2D eigenvalue weighted by molar-refractivity contribution is 6.04. The van der Waals surface area contributed by atoms with Crippen LogP contribution in [0.25, 0.3) is 0 Å². The summed E-state index contributed by atoms with van der Waals surface area (Å²) in [6, 6.07) is 0. The number of carbonyl (C=O) groups excluding carboxylic acids is 2. The highest BCUT2D eigenvalue weighted by Crippen LogP contribution is 2.53. The Morgan fingerprint density at radius 3 is 2.81 bits per heavy atom. The molecule has 0 saturated heterocycles. The van der Waals surface area contributed by atoms with Crippen molar-refractivity contribution < 1.29 is 19.4 Å². The summed E-state index contributed by atoms with van der Waals surface area (Å²) in [6.45, 7) is 1.63. The van der Waals surface area contributed by atoms with Gasteiger partial charge >= 0.3 is 5.97 Å². The van der Waals surface area contributed by atoms with Gasteiger partial charge in [-0.25, -0.2) is 0 Å². The Balaban J connectivity index is 2.40. The van der Waals surface area contributed by atoms with Crippen LogP contribution in [0.5, 0.6) is 0 Å². The Morgan fingerprint density at radius 2 is 2.19 bits per heavy atom. The first-order valence-electron chi connectivity index (χ1n) is 5.79. The predicted octanol–water partition coefficient (Wildman–Crippen LogP) is 1.06. The van der Waals surface area contributed by atoms with Crippen molar-refractivity contribution in [3.8, 4) is 0 Å². The molecule has 16 heavy (non-hydrogen) atoms. The van der Waals surface area contributed by atoms with Crippen molar-refractivity contribution in [1.82, 2.24) is 0 Å². The fraction of sp³-hybridized carbons (Fsp3) is 0.833. The Hall–Kier alpha value is -0.900. The van der Waals surface area contributed by atoms with E-state index in [2.05, 4.69) is 0 Å². The Morgan fingerprint density at radius 1 is 1.50 bits per heavy atom. The van der Waals surface area contributed by atoms with Crippen molar-refractivity contribution in [1.29, 1.82) is 0 Å². The highest BCUT2D eigenvalue weighted by atomic mass is 16.5. The van der Waals surface area contributed by atoms with E-state index in [9.17, 15) is 14.7 Å². The molecule has 0 aliphatic heterocycles. The van der Waals surface area contributed by atoms with Crippen LogP contribution in [0.3, 0.4) is 0 Å². The molecule has 0 bridgehead atoms. The zero-order valence-electron chi connectivity index (χ0n) is 9.78. The minimum Gasteiger partial charge on any atom is -0.468 e. The molecule has 0 spiro atoms. The van der Waals surface area contributed by atoms with Crippen LogP contribution in [-0.4, -0.2) is 29.6 Å². The van der Waals surface area contributed by atoms with E-state index in [0.29, 0.717) is 12.8 Å². The quantitative estimate of drug-likeness (QED) is 0.536. The maximum atomic E-state index is 12.0. The van der Waals surface area contributed by atoms with E-state index in [1.165, 1.54) is 7.11 Å². The van der Waals surface area contributed by atoms with Gasteiger partial charge in [-0.1, -0.05) is 6.42 Å². The number of fused-ring (bicyclic) bond motifs is 1. The van der Waals surface area contributed by atoms with E-state index in [0.717, 1.165) is 12.8 Å². The van der Waals surface area contributed by atoms with Crippen LogP contribution < -0.4 is 0 Å². The molecule has 0 aromatic carbocycles. The number of rotatable bonds is 1. The Labute approximate surface area is 95.0 Å². The number of methoxy groups -OCH3 is 1. The van der Waals surface area contributed by atoms with Crippen molar-refractivity contribution >= 4 is 11.8 Å². The van der Waals surface area contributed by atoms with E-state index in [1.54, 1.807) is 6.92 Å². The van der Waals surface area contributed by atoms with Crippen LogP contribution in [0, 0.1) is 11.3 Å². The number of ether oxygens (including phenoxy) is 1. The van der Waals surface area contributed by atoms with Crippen LogP contribution >= 0.6 is 0 Å². The molecular formula is C12H18O4. The molecular weight excluding hydrogens is 208 g/mol. The third-order valence-electron chi connectivity index (χ3n) is 4.42. The van der Waals surface area contributed by atoms with E-state index >= 15 is 0 Å². The van der Waals surface area contributed by atoms with E-state index in [1.807, 2.05) is 0 Å². The van der Waals surface area contributed by atoms with Gasteiger partial charge in [0.05, 0.1) is 12.7 Å². The molecule has 0 radical (unpaired) electrons. The summed E-state index contributed by atoms with van der Waals surface area (Å²) in [7, 11) is 1.30. The van der Waals surface area contributed by atoms with Gasteiger partial charge in [0.2, 0.25) is 0 Å². The predicted molar refractivity (Wildman–Crippen MR) is 56.7 cm³/mol. The first-order valence-corrected chi connectivity index (χ1v) is 5.79. The Kier molecular flexibility index (Phi) is 2.57. The zero-order chi connectivity index (χ0) is 12.0. The van der Waals surface area contributed by atoms with Crippen LogP contribution in [0.4, 0.5) is 0 Å². The maximum absolute atomic E-state index is 12.0. The molecule has 2 aliphatic rings. The number of aliphatic hydroxyl groups is 1. The number of Topliss-reactive ketones (excluding diaryl/α,β-unsaturated/α-hetero) is 1. The van der Waals surface area contributed by atoms with Gasteiger partial charge in [0.1, 0.15) is 11.2 Å². The summed E-state index contributed by atoms with van der Waals surface area (Å²) >= 11 is 0. The third kappa shape index (κ3) is 1.32. The minimum atomic E-state index is -1.14. The van der Waals surface area contributed by atoms with Gasteiger partial charge in [-0.3, -0.25) is 9.59 Å². The molecule has 0 amide bonds. The molecule has 2 fully saturated rings. The lowest BCUT2D eigenvalue weighted by Crippen LogP contribution is -2.55. The lowest BCUT2D eigenvalue weighted by atomic mass is 9.61. The van der Waals surface area contributed by atoms with Crippen LogP contribution in [0.15, 0.2) is 0 Å². The van der Waals surface area contributed by atoms with Crippen LogP contribution in [-0.2, 0) is 14.3 Å². The van der Waals surface area contributed by atoms with Crippen molar-refractivity contribution in [2.75, 3.05) is 7.11 Å². The van der Waals surface area contributed by atoms with Crippen molar-refractivity contribution in [3.05, 3.63) is 0 Å². The molecule has 0 heterocycles. The zero-order valence-corrected chi connectivity index (χ0v) is 9.78. The SMILES string of the molecule is COC(=O)[C@]1(C)C(=O)CC[C@@]2(O)CCC[C@H]21. The minimum absolute atomic E-state index is 0.0871. The molecule has 0 aromatic heterocycles. The molecule has 4 heteroatoms. The average Bonchev–Trinajstić information content (AvgIpc) is 2.66. The molecule has 1 N–H and O–H groups in total. The summed E-state index contributed by atoms with van der Waals surface area (Å²) in [6.07, 6.45) is 3.06. The summed E-state index contributed by atoms with van der Waals surface area (Å²) in [5.41, 5.74) is -1.98. The number of ketones is 1. The number of hydrogen-bond acceptors (Lipinski definition) is 4. The number of carbonyl (C=O) groups is 2. The lowest BCUT2D eigenvalue weighted by molar-refractivity contribution is -0.174. The van der Waals surface area contributed by atoms with Gasteiger partial charge in [0.25, 0.3) is 0 Å². The average molecular weight is 226 g/mol. The largest absolute Gasteiger partial charge is 0.468 e. The molecule has 0 unspecified atom stereocenters. The topological polar surface area (TPSA) is 63.6 Å². The third-order valence-corrected chi connectivity index (χ3v) is 4.42. The smallest absolute Gasteiger partial charge is 0.319 e. The molecule has 2 rings (SSSR count). The van der Waals surface area contributed by atoms with Gasteiger partial charge in [0, 0.05) is 12.3 Å². The van der Waals surface area contributed by atoms with Gasteiger partial charge in [-0.15, -0.1) is 0 Å².